The number of hydrogen-bond donors (Lipinski definition) is 1. The zero-order valence-corrected chi connectivity index (χ0v) is 11.7. The van der Waals surface area contributed by atoms with E-state index in [0.29, 0.717) is 17.1 Å². The third kappa shape index (κ3) is 3.21. The number of benzene rings is 1. The van der Waals surface area contributed by atoms with E-state index < -0.39 is 4.92 Å². The monoisotopic (exact) mass is 287 g/mol. The Morgan fingerprint density at radius 1 is 1.38 bits per heavy atom. The molecule has 6 heteroatoms. The molecule has 0 saturated carbocycles. The predicted molar refractivity (Wildman–Crippen MR) is 80.3 cm³/mol. The molecule has 1 aliphatic carbocycles. The normalized spacial score (nSPS) is 15.0. The number of aromatic nitrogens is 1. The topological polar surface area (TPSA) is 81.2 Å². The summed E-state index contributed by atoms with van der Waals surface area (Å²) in [4.78, 5) is 14.5. The summed E-state index contributed by atoms with van der Waals surface area (Å²) in [5.74, 6) is 0. The maximum atomic E-state index is 10.7. The van der Waals surface area contributed by atoms with Crippen LogP contribution >= 0.6 is 0 Å². The van der Waals surface area contributed by atoms with Crippen LogP contribution in [0.4, 0.5) is 11.7 Å². The molecule has 110 valence electrons. The molecule has 2 aromatic rings. The lowest BCUT2D eigenvalue weighted by Crippen LogP contribution is -2.04. The van der Waals surface area contributed by atoms with Gasteiger partial charge in [0.15, 0.2) is 5.58 Å². The molecule has 1 heterocycles. The van der Waals surface area contributed by atoms with Crippen LogP contribution in [0.2, 0.25) is 0 Å². The van der Waals surface area contributed by atoms with E-state index in [4.69, 9.17) is 4.42 Å². The molecule has 0 saturated heterocycles. The first kappa shape index (κ1) is 13.6. The highest BCUT2D eigenvalue weighted by Gasteiger charge is 2.11. The predicted octanol–water partition coefficient (Wildman–Crippen LogP) is 4.04. The van der Waals surface area contributed by atoms with E-state index in [2.05, 4.69) is 16.4 Å². The lowest BCUT2D eigenvalue weighted by molar-refractivity contribution is -0.384. The number of nitrogens with zero attached hydrogens (tertiary/aromatic N) is 2. The van der Waals surface area contributed by atoms with Crippen LogP contribution in [-0.2, 0) is 0 Å². The van der Waals surface area contributed by atoms with E-state index in [1.165, 1.54) is 43.4 Å². The van der Waals surface area contributed by atoms with E-state index in [1.54, 1.807) is 6.07 Å². The van der Waals surface area contributed by atoms with Gasteiger partial charge in [-0.1, -0.05) is 11.6 Å². The highest BCUT2D eigenvalue weighted by molar-refractivity contribution is 5.77. The summed E-state index contributed by atoms with van der Waals surface area (Å²) in [6.07, 6.45) is 8.24. The van der Waals surface area contributed by atoms with Crippen LogP contribution in [0.15, 0.2) is 34.3 Å². The van der Waals surface area contributed by atoms with Gasteiger partial charge in [-0.25, -0.2) is 0 Å². The van der Waals surface area contributed by atoms with Crippen LogP contribution in [0.5, 0.6) is 0 Å². The Hall–Kier alpha value is -2.37. The van der Waals surface area contributed by atoms with Gasteiger partial charge in [-0.2, -0.15) is 4.98 Å². The minimum Gasteiger partial charge on any atom is -0.424 e. The van der Waals surface area contributed by atoms with Gasteiger partial charge in [0, 0.05) is 18.7 Å². The Morgan fingerprint density at radius 2 is 2.29 bits per heavy atom. The van der Waals surface area contributed by atoms with E-state index in [0.717, 1.165) is 13.0 Å². The van der Waals surface area contributed by atoms with Crippen LogP contribution < -0.4 is 5.32 Å². The summed E-state index contributed by atoms with van der Waals surface area (Å²) in [6, 6.07) is 4.84. The molecule has 0 fully saturated rings. The minimum atomic E-state index is -0.434. The van der Waals surface area contributed by atoms with Crippen molar-refractivity contribution in [3.8, 4) is 0 Å². The van der Waals surface area contributed by atoms with Crippen molar-refractivity contribution >= 4 is 22.8 Å². The number of rotatable bonds is 5. The van der Waals surface area contributed by atoms with Gasteiger partial charge in [0.05, 0.1) is 4.92 Å². The highest BCUT2D eigenvalue weighted by Crippen LogP contribution is 2.24. The summed E-state index contributed by atoms with van der Waals surface area (Å²) >= 11 is 0. The molecule has 0 radical (unpaired) electrons. The van der Waals surface area contributed by atoms with Gasteiger partial charge >= 0.3 is 0 Å². The average Bonchev–Trinajstić information content (AvgIpc) is 2.90. The van der Waals surface area contributed by atoms with Gasteiger partial charge in [-0.15, -0.1) is 0 Å². The van der Waals surface area contributed by atoms with Gasteiger partial charge in [0.2, 0.25) is 0 Å². The zero-order chi connectivity index (χ0) is 14.7. The molecule has 1 aliphatic rings. The van der Waals surface area contributed by atoms with Gasteiger partial charge in [0.1, 0.15) is 5.52 Å². The molecule has 0 unspecified atom stereocenters. The summed E-state index contributed by atoms with van der Waals surface area (Å²) < 4.78 is 5.53. The molecule has 1 aromatic heterocycles. The fraction of sp³-hybridized carbons (Fsp3) is 0.400. The number of hydrogen-bond acceptors (Lipinski definition) is 5. The van der Waals surface area contributed by atoms with Crippen LogP contribution in [0, 0.1) is 10.1 Å². The molecule has 3 rings (SSSR count). The zero-order valence-electron chi connectivity index (χ0n) is 11.7. The molecule has 1 aromatic carbocycles. The Bertz CT molecular complexity index is 691. The smallest absolute Gasteiger partial charge is 0.295 e. The van der Waals surface area contributed by atoms with Crippen molar-refractivity contribution in [1.82, 2.24) is 4.98 Å². The van der Waals surface area contributed by atoms with Gasteiger partial charge in [-0.3, -0.25) is 10.1 Å². The van der Waals surface area contributed by atoms with Crippen molar-refractivity contribution in [3.63, 3.8) is 0 Å². The van der Waals surface area contributed by atoms with Crippen LogP contribution in [0.25, 0.3) is 11.1 Å². The Labute approximate surface area is 122 Å². The Morgan fingerprint density at radius 3 is 3.05 bits per heavy atom. The van der Waals surface area contributed by atoms with Crippen molar-refractivity contribution < 1.29 is 9.34 Å². The highest BCUT2D eigenvalue weighted by atomic mass is 16.6. The van der Waals surface area contributed by atoms with Crippen molar-refractivity contribution in [2.24, 2.45) is 0 Å². The van der Waals surface area contributed by atoms with Crippen molar-refractivity contribution in [3.05, 3.63) is 40.0 Å². The average molecular weight is 287 g/mol. The molecule has 0 amide bonds. The molecule has 0 atom stereocenters. The van der Waals surface area contributed by atoms with Gasteiger partial charge < -0.3 is 9.73 Å². The third-order valence-corrected chi connectivity index (χ3v) is 3.69. The molecule has 1 N–H and O–H groups in total. The SMILES string of the molecule is O=[N+]([O-])c1ccc2oc(NCCC3=CCCCC3)nc2c1. The maximum absolute atomic E-state index is 10.7. The number of allylic oxidation sites excluding steroid dienone is 1. The lowest BCUT2D eigenvalue weighted by atomic mass is 9.97. The largest absolute Gasteiger partial charge is 0.424 e. The number of nitro groups is 1. The fourth-order valence-corrected chi connectivity index (χ4v) is 2.57. The maximum Gasteiger partial charge on any atom is 0.295 e. The molecular formula is C15H17N3O3. The lowest BCUT2D eigenvalue weighted by Gasteiger charge is -2.12. The second kappa shape index (κ2) is 5.95. The van der Waals surface area contributed by atoms with E-state index in [9.17, 15) is 10.1 Å². The van der Waals surface area contributed by atoms with Crippen molar-refractivity contribution in [1.29, 1.82) is 0 Å². The molecule has 0 bridgehead atoms. The molecule has 21 heavy (non-hydrogen) atoms. The van der Waals surface area contributed by atoms with Gasteiger partial charge in [0.25, 0.3) is 11.7 Å². The first-order valence-electron chi connectivity index (χ1n) is 7.19. The number of anilines is 1. The number of fused-ring (bicyclic) bond motifs is 1. The minimum absolute atomic E-state index is 0.0229. The van der Waals surface area contributed by atoms with E-state index >= 15 is 0 Å². The standard InChI is InChI=1S/C15H17N3O3/c19-18(20)12-6-7-14-13(10-12)17-15(21-14)16-9-8-11-4-2-1-3-5-11/h4,6-7,10H,1-3,5,8-9H2,(H,16,17). The van der Waals surface area contributed by atoms with Gasteiger partial charge in [-0.05, 0) is 38.2 Å². The summed E-state index contributed by atoms with van der Waals surface area (Å²) in [7, 11) is 0. The second-order valence-corrected chi connectivity index (χ2v) is 5.21. The van der Waals surface area contributed by atoms with E-state index in [1.807, 2.05) is 0 Å². The number of oxazole rings is 1. The van der Waals surface area contributed by atoms with Crippen LogP contribution in [-0.4, -0.2) is 16.5 Å². The Kier molecular flexibility index (Phi) is 3.85. The van der Waals surface area contributed by atoms with Crippen molar-refractivity contribution in [2.45, 2.75) is 32.1 Å². The summed E-state index contributed by atoms with van der Waals surface area (Å²) in [5.41, 5.74) is 2.57. The number of nitro benzene ring substituents is 1. The molecule has 0 spiro atoms. The Balaban J connectivity index is 1.64. The van der Waals surface area contributed by atoms with E-state index in [-0.39, 0.29) is 5.69 Å². The van der Waals surface area contributed by atoms with Crippen LogP contribution in [0.3, 0.4) is 0 Å². The fourth-order valence-electron chi connectivity index (χ4n) is 2.57. The molecule has 0 aliphatic heterocycles. The first-order chi connectivity index (χ1) is 10.2. The molecular weight excluding hydrogens is 270 g/mol. The second-order valence-electron chi connectivity index (χ2n) is 5.21. The van der Waals surface area contributed by atoms with Crippen molar-refractivity contribution in [2.75, 3.05) is 11.9 Å². The quantitative estimate of drug-likeness (QED) is 0.510. The van der Waals surface area contributed by atoms with Crippen LogP contribution in [0.1, 0.15) is 32.1 Å². The first-order valence-corrected chi connectivity index (χ1v) is 7.19. The summed E-state index contributed by atoms with van der Waals surface area (Å²) in [5, 5.41) is 13.9. The molecule has 6 nitrogen and oxygen atoms in total. The third-order valence-electron chi connectivity index (χ3n) is 3.69. The number of non-ortho nitro benzene ring substituents is 1. The number of nitrogens with one attached hydrogen (secondary N) is 1. The summed E-state index contributed by atoms with van der Waals surface area (Å²) in [6.45, 7) is 0.765.